The highest BCUT2D eigenvalue weighted by Gasteiger charge is 2.17. The summed E-state index contributed by atoms with van der Waals surface area (Å²) < 4.78 is 22.4. The third-order valence-corrected chi connectivity index (χ3v) is 2.91. The van der Waals surface area contributed by atoms with Crippen molar-refractivity contribution in [1.29, 1.82) is 0 Å². The van der Waals surface area contributed by atoms with Crippen LogP contribution in [0.3, 0.4) is 0 Å². The van der Waals surface area contributed by atoms with E-state index in [0.29, 0.717) is 0 Å². The van der Waals surface area contributed by atoms with E-state index in [1.165, 1.54) is 25.1 Å². The summed E-state index contributed by atoms with van der Waals surface area (Å²) in [7, 11) is -3.86. The Morgan fingerprint density at radius 1 is 1.44 bits per heavy atom. The Bertz CT molecular complexity index is 498. The number of nitrogens with one attached hydrogen (secondary N) is 1. The third kappa shape index (κ3) is 2.94. The quantitative estimate of drug-likeness (QED) is 0.701. The second-order valence-corrected chi connectivity index (χ2v) is 4.78. The van der Waals surface area contributed by atoms with Gasteiger partial charge in [-0.25, -0.2) is 13.6 Å². The fraction of sp³-hybridized carbons (Fsp3) is 0.222. The minimum absolute atomic E-state index is 0.122. The van der Waals surface area contributed by atoms with Gasteiger partial charge in [-0.15, -0.1) is 0 Å². The first-order chi connectivity index (χ1) is 7.32. The van der Waals surface area contributed by atoms with Crippen molar-refractivity contribution in [3.63, 3.8) is 0 Å². The number of anilines is 1. The summed E-state index contributed by atoms with van der Waals surface area (Å²) in [5.74, 6) is -1.08. The van der Waals surface area contributed by atoms with Crippen LogP contribution in [0, 0.1) is 0 Å². The van der Waals surface area contributed by atoms with E-state index in [-0.39, 0.29) is 10.6 Å². The highest BCUT2D eigenvalue weighted by Crippen LogP contribution is 2.19. The highest BCUT2D eigenvalue weighted by atomic mass is 32.2. The first-order valence-corrected chi connectivity index (χ1v) is 5.98. The predicted octanol–water partition coefficient (Wildman–Crippen LogP) is 0.219. The molecule has 4 N–H and O–H groups in total. The van der Waals surface area contributed by atoms with E-state index in [9.17, 15) is 13.2 Å². The molecule has 0 aliphatic heterocycles. The highest BCUT2D eigenvalue weighted by molar-refractivity contribution is 7.89. The minimum Gasteiger partial charge on any atom is -0.480 e. The first kappa shape index (κ1) is 12.5. The second-order valence-electron chi connectivity index (χ2n) is 3.25. The number of nitrogens with two attached hydrogens (primary N) is 1. The number of carboxylic acid groups (broad SMARTS) is 1. The summed E-state index contributed by atoms with van der Waals surface area (Å²) in [4.78, 5) is 10.5. The molecule has 16 heavy (non-hydrogen) atoms. The van der Waals surface area contributed by atoms with Gasteiger partial charge in [0.2, 0.25) is 10.0 Å². The molecule has 0 aliphatic carbocycles. The lowest BCUT2D eigenvalue weighted by Crippen LogP contribution is -2.27. The molecule has 0 heterocycles. The van der Waals surface area contributed by atoms with Crippen molar-refractivity contribution >= 4 is 21.7 Å². The van der Waals surface area contributed by atoms with E-state index in [1.807, 2.05) is 0 Å². The Labute approximate surface area is 93.1 Å². The van der Waals surface area contributed by atoms with Gasteiger partial charge in [-0.3, -0.25) is 4.79 Å². The van der Waals surface area contributed by atoms with Gasteiger partial charge < -0.3 is 10.4 Å². The number of sulfonamides is 1. The van der Waals surface area contributed by atoms with Crippen molar-refractivity contribution in [1.82, 2.24) is 0 Å². The molecule has 1 unspecified atom stereocenters. The van der Waals surface area contributed by atoms with Gasteiger partial charge in [-0.05, 0) is 19.1 Å². The average Bonchev–Trinajstić information content (AvgIpc) is 2.16. The number of benzene rings is 1. The van der Waals surface area contributed by atoms with E-state index in [4.69, 9.17) is 10.2 Å². The van der Waals surface area contributed by atoms with Crippen LogP contribution in [0.4, 0.5) is 5.69 Å². The summed E-state index contributed by atoms with van der Waals surface area (Å²) in [5, 5.41) is 16.2. The molecule has 0 saturated heterocycles. The zero-order chi connectivity index (χ0) is 12.3. The molecule has 6 nitrogen and oxygen atoms in total. The van der Waals surface area contributed by atoms with Crippen LogP contribution in [0.25, 0.3) is 0 Å². The molecular weight excluding hydrogens is 232 g/mol. The van der Waals surface area contributed by atoms with Gasteiger partial charge in [0.15, 0.2) is 0 Å². The standard InChI is InChI=1S/C9H12N2O4S/c1-6(9(12)13)11-7-4-2-3-5-8(7)16(10,14)15/h2-6,11H,1H3,(H,12,13)(H2,10,14,15). The summed E-state index contributed by atoms with van der Waals surface area (Å²) in [6.45, 7) is 1.41. The zero-order valence-corrected chi connectivity index (χ0v) is 9.36. The van der Waals surface area contributed by atoms with E-state index < -0.39 is 22.0 Å². The Kier molecular flexibility index (Phi) is 3.51. The molecule has 1 aromatic rings. The molecule has 7 heteroatoms. The van der Waals surface area contributed by atoms with Crippen LogP contribution in [0.15, 0.2) is 29.2 Å². The second kappa shape index (κ2) is 4.50. The molecule has 0 radical (unpaired) electrons. The van der Waals surface area contributed by atoms with Gasteiger partial charge >= 0.3 is 5.97 Å². The fourth-order valence-electron chi connectivity index (χ4n) is 1.13. The van der Waals surface area contributed by atoms with Gasteiger partial charge in [0.05, 0.1) is 5.69 Å². The van der Waals surface area contributed by atoms with Crippen LogP contribution in [0.2, 0.25) is 0 Å². The van der Waals surface area contributed by atoms with Crippen molar-refractivity contribution in [2.24, 2.45) is 5.14 Å². The number of aliphatic carboxylic acids is 1. The van der Waals surface area contributed by atoms with E-state index in [0.717, 1.165) is 0 Å². The lowest BCUT2D eigenvalue weighted by molar-refractivity contribution is -0.137. The summed E-state index contributed by atoms with van der Waals surface area (Å²) >= 11 is 0. The van der Waals surface area contributed by atoms with Crippen LogP contribution < -0.4 is 10.5 Å². The normalized spacial score (nSPS) is 13.1. The topological polar surface area (TPSA) is 109 Å². The van der Waals surface area contributed by atoms with E-state index in [2.05, 4.69) is 5.32 Å². The molecular formula is C9H12N2O4S. The van der Waals surface area contributed by atoms with Crippen molar-refractivity contribution in [3.8, 4) is 0 Å². The molecule has 0 saturated carbocycles. The lowest BCUT2D eigenvalue weighted by atomic mass is 10.2. The molecule has 0 amide bonds. The van der Waals surface area contributed by atoms with Crippen molar-refractivity contribution < 1.29 is 18.3 Å². The van der Waals surface area contributed by atoms with Gasteiger partial charge in [-0.1, -0.05) is 12.1 Å². The molecule has 1 rings (SSSR count). The third-order valence-electron chi connectivity index (χ3n) is 1.94. The van der Waals surface area contributed by atoms with Gasteiger partial charge in [0.25, 0.3) is 0 Å². The molecule has 0 spiro atoms. The maximum atomic E-state index is 11.2. The maximum absolute atomic E-state index is 11.2. The van der Waals surface area contributed by atoms with Crippen LogP contribution in [-0.4, -0.2) is 25.5 Å². The van der Waals surface area contributed by atoms with Crippen LogP contribution >= 0.6 is 0 Å². The summed E-state index contributed by atoms with van der Waals surface area (Å²) in [5.41, 5.74) is 0.180. The summed E-state index contributed by atoms with van der Waals surface area (Å²) in [6.07, 6.45) is 0. The fourth-order valence-corrected chi connectivity index (χ4v) is 1.83. The van der Waals surface area contributed by atoms with Crippen LogP contribution in [0.5, 0.6) is 0 Å². The van der Waals surface area contributed by atoms with Gasteiger partial charge in [0, 0.05) is 0 Å². The number of rotatable bonds is 4. The van der Waals surface area contributed by atoms with Gasteiger partial charge in [-0.2, -0.15) is 0 Å². The molecule has 0 aromatic heterocycles. The first-order valence-electron chi connectivity index (χ1n) is 4.43. The van der Waals surface area contributed by atoms with Crippen molar-refractivity contribution in [2.45, 2.75) is 17.9 Å². The Balaban J connectivity index is 3.10. The van der Waals surface area contributed by atoms with Gasteiger partial charge in [0.1, 0.15) is 10.9 Å². The number of primary sulfonamides is 1. The van der Waals surface area contributed by atoms with E-state index >= 15 is 0 Å². The Morgan fingerprint density at radius 2 is 2.00 bits per heavy atom. The maximum Gasteiger partial charge on any atom is 0.325 e. The zero-order valence-electron chi connectivity index (χ0n) is 8.54. The summed E-state index contributed by atoms with van der Waals surface area (Å²) in [6, 6.07) is 4.97. The smallest absolute Gasteiger partial charge is 0.325 e. The van der Waals surface area contributed by atoms with E-state index in [1.54, 1.807) is 6.07 Å². The van der Waals surface area contributed by atoms with Crippen molar-refractivity contribution in [3.05, 3.63) is 24.3 Å². The molecule has 1 aromatic carbocycles. The predicted molar refractivity (Wildman–Crippen MR) is 58.5 cm³/mol. The average molecular weight is 244 g/mol. The number of hydrogen-bond donors (Lipinski definition) is 3. The largest absolute Gasteiger partial charge is 0.480 e. The molecule has 0 fully saturated rings. The molecule has 0 bridgehead atoms. The van der Waals surface area contributed by atoms with Crippen LogP contribution in [0.1, 0.15) is 6.92 Å². The minimum atomic E-state index is -3.86. The lowest BCUT2D eigenvalue weighted by Gasteiger charge is -2.13. The monoisotopic (exact) mass is 244 g/mol. The number of carbonyl (C=O) groups is 1. The Hall–Kier alpha value is -1.60. The van der Waals surface area contributed by atoms with Crippen LogP contribution in [-0.2, 0) is 14.8 Å². The molecule has 1 atom stereocenters. The Morgan fingerprint density at radius 3 is 2.50 bits per heavy atom. The molecule has 88 valence electrons. The number of hydrogen-bond acceptors (Lipinski definition) is 4. The number of para-hydroxylation sites is 1. The molecule has 0 aliphatic rings. The number of carboxylic acids is 1. The SMILES string of the molecule is CC(Nc1ccccc1S(N)(=O)=O)C(=O)O. The van der Waals surface area contributed by atoms with Crippen molar-refractivity contribution in [2.75, 3.05) is 5.32 Å².